The Morgan fingerprint density at radius 1 is 1.14 bits per heavy atom. The van der Waals surface area contributed by atoms with Crippen LogP contribution in [0.5, 0.6) is 5.75 Å². The molecule has 2 aliphatic heterocycles. The normalized spacial score (nSPS) is 18.0. The summed E-state index contributed by atoms with van der Waals surface area (Å²) in [4.78, 5) is 31.8. The van der Waals surface area contributed by atoms with Gasteiger partial charge in [-0.1, -0.05) is 7.43 Å². The van der Waals surface area contributed by atoms with E-state index in [2.05, 4.69) is 31.6 Å². The smallest absolute Gasteiger partial charge is 0.416 e. The molecule has 240 valence electrons. The summed E-state index contributed by atoms with van der Waals surface area (Å²) in [5.41, 5.74) is -0.0391. The van der Waals surface area contributed by atoms with Gasteiger partial charge in [0.15, 0.2) is 11.6 Å². The van der Waals surface area contributed by atoms with Gasteiger partial charge in [-0.2, -0.15) is 13.2 Å². The van der Waals surface area contributed by atoms with Gasteiger partial charge in [-0.3, -0.25) is 14.6 Å². The number of carbonyl (C=O) groups is 1. The molecule has 2 aromatic heterocycles. The third-order valence-electron chi connectivity index (χ3n) is 7.97. The number of alkyl halides is 3. The molecular weight excluding hydrogens is 600 g/mol. The number of anilines is 1. The molecule has 4 heterocycles. The number of aromatic nitrogens is 3. The molecule has 44 heavy (non-hydrogen) atoms. The highest BCUT2D eigenvalue weighted by atomic mass is 32.1. The van der Waals surface area contributed by atoms with Crippen LogP contribution in [0.2, 0.25) is 0 Å². The SMILES string of the molecule is C.COc1c(Cc2nc(-c3cc(F)cc(C(F)(F)F)c3)c(CN3CCC[C@H]3C)s2)ncnc1N1CCN(CCC(=O)O)CC1. The monoisotopic (exact) mass is 638 g/mol. The summed E-state index contributed by atoms with van der Waals surface area (Å²) >= 11 is 1.39. The second kappa shape index (κ2) is 14.2. The highest BCUT2D eigenvalue weighted by Crippen LogP contribution is 2.38. The van der Waals surface area contributed by atoms with Gasteiger partial charge in [-0.15, -0.1) is 11.3 Å². The molecule has 9 nitrogen and oxygen atoms in total. The summed E-state index contributed by atoms with van der Waals surface area (Å²) < 4.78 is 60.8. The highest BCUT2D eigenvalue weighted by Gasteiger charge is 2.32. The predicted octanol–water partition coefficient (Wildman–Crippen LogP) is 5.57. The fourth-order valence-corrected chi connectivity index (χ4v) is 6.77. The first-order valence-electron chi connectivity index (χ1n) is 14.2. The summed E-state index contributed by atoms with van der Waals surface area (Å²) in [5, 5.41) is 9.60. The number of halogens is 4. The maximum absolute atomic E-state index is 14.4. The highest BCUT2D eigenvalue weighted by molar-refractivity contribution is 7.12. The Bertz CT molecular complexity index is 1440. The number of carboxylic acids is 1. The van der Waals surface area contributed by atoms with Crippen molar-refractivity contribution in [2.45, 2.75) is 58.8 Å². The van der Waals surface area contributed by atoms with Crippen LogP contribution in [0.25, 0.3) is 11.3 Å². The fourth-order valence-electron chi connectivity index (χ4n) is 5.65. The number of hydrogen-bond acceptors (Lipinski definition) is 9. The second-order valence-electron chi connectivity index (χ2n) is 10.9. The number of piperazine rings is 1. The van der Waals surface area contributed by atoms with Crippen LogP contribution in [0.3, 0.4) is 0 Å². The predicted molar refractivity (Wildman–Crippen MR) is 161 cm³/mol. The van der Waals surface area contributed by atoms with E-state index in [9.17, 15) is 22.4 Å². The van der Waals surface area contributed by atoms with Crippen LogP contribution in [-0.2, 0) is 23.9 Å². The molecular formula is C30H38F4N6O3S. The first-order chi connectivity index (χ1) is 20.5. The Kier molecular flexibility index (Phi) is 10.8. The lowest BCUT2D eigenvalue weighted by Gasteiger charge is -2.35. The van der Waals surface area contributed by atoms with Crippen molar-refractivity contribution >= 4 is 23.1 Å². The number of methoxy groups -OCH3 is 1. The van der Waals surface area contributed by atoms with E-state index in [0.717, 1.165) is 36.4 Å². The first kappa shape index (κ1) is 33.5. The average molecular weight is 639 g/mol. The lowest BCUT2D eigenvalue weighted by atomic mass is 10.1. The van der Waals surface area contributed by atoms with E-state index in [1.54, 1.807) is 0 Å². The largest absolute Gasteiger partial charge is 0.491 e. The van der Waals surface area contributed by atoms with E-state index in [1.165, 1.54) is 24.8 Å². The molecule has 0 spiro atoms. The minimum Gasteiger partial charge on any atom is -0.491 e. The second-order valence-corrected chi connectivity index (χ2v) is 12.1. The summed E-state index contributed by atoms with van der Waals surface area (Å²) in [6.45, 7) is 6.60. The van der Waals surface area contributed by atoms with Crippen LogP contribution >= 0.6 is 11.3 Å². The third kappa shape index (κ3) is 7.83. The number of rotatable bonds is 10. The molecule has 0 unspecified atom stereocenters. The summed E-state index contributed by atoms with van der Waals surface area (Å²) in [6.07, 6.45) is -0.823. The number of hydrogen-bond donors (Lipinski definition) is 1. The molecule has 2 aliphatic rings. The van der Waals surface area contributed by atoms with Crippen molar-refractivity contribution in [3.8, 4) is 17.0 Å². The lowest BCUT2D eigenvalue weighted by Crippen LogP contribution is -2.47. The Morgan fingerprint density at radius 3 is 2.52 bits per heavy atom. The number of likely N-dealkylation sites (tertiary alicyclic amines) is 1. The minimum atomic E-state index is -4.69. The molecule has 0 radical (unpaired) electrons. The van der Waals surface area contributed by atoms with Gasteiger partial charge in [0, 0.05) is 62.2 Å². The molecule has 5 rings (SSSR count). The average Bonchev–Trinajstić information content (AvgIpc) is 3.56. The van der Waals surface area contributed by atoms with E-state index in [1.807, 2.05) is 0 Å². The summed E-state index contributed by atoms with van der Waals surface area (Å²) in [5.74, 6) is -0.692. The van der Waals surface area contributed by atoms with Crippen molar-refractivity contribution in [3.63, 3.8) is 0 Å². The van der Waals surface area contributed by atoms with Gasteiger partial charge in [-0.05, 0) is 44.5 Å². The van der Waals surface area contributed by atoms with E-state index in [0.29, 0.717) is 79.3 Å². The van der Waals surface area contributed by atoms with Crippen molar-refractivity contribution in [1.82, 2.24) is 24.8 Å². The van der Waals surface area contributed by atoms with E-state index < -0.39 is 23.5 Å². The van der Waals surface area contributed by atoms with Crippen molar-refractivity contribution in [1.29, 1.82) is 0 Å². The molecule has 1 atom stereocenters. The van der Waals surface area contributed by atoms with Crippen molar-refractivity contribution in [3.05, 3.63) is 51.5 Å². The maximum atomic E-state index is 14.4. The number of aliphatic carboxylic acids is 1. The summed E-state index contributed by atoms with van der Waals surface area (Å²) in [6, 6.07) is 2.88. The van der Waals surface area contributed by atoms with Gasteiger partial charge in [0.2, 0.25) is 0 Å². The van der Waals surface area contributed by atoms with Gasteiger partial charge >= 0.3 is 12.1 Å². The first-order valence-corrected chi connectivity index (χ1v) is 15.0. The molecule has 1 N–H and O–H groups in total. The van der Waals surface area contributed by atoms with Crippen LogP contribution < -0.4 is 9.64 Å². The fraction of sp³-hybridized carbons (Fsp3) is 0.533. The quantitative estimate of drug-likeness (QED) is 0.286. The van der Waals surface area contributed by atoms with Crippen LogP contribution in [0, 0.1) is 5.82 Å². The van der Waals surface area contributed by atoms with E-state index >= 15 is 0 Å². The Labute approximate surface area is 258 Å². The van der Waals surface area contributed by atoms with Crippen molar-refractivity contribution in [2.75, 3.05) is 51.3 Å². The Balaban J connectivity index is 0.00000442. The number of carboxylic acid groups (broad SMARTS) is 1. The Hall–Kier alpha value is -3.36. The van der Waals surface area contributed by atoms with Gasteiger partial charge in [0.05, 0.1) is 35.5 Å². The third-order valence-corrected chi connectivity index (χ3v) is 9.01. The molecule has 1 aromatic carbocycles. The number of benzene rings is 1. The van der Waals surface area contributed by atoms with Gasteiger partial charge in [0.25, 0.3) is 0 Å². The van der Waals surface area contributed by atoms with Gasteiger partial charge in [-0.25, -0.2) is 19.3 Å². The zero-order valence-corrected chi connectivity index (χ0v) is 24.8. The van der Waals surface area contributed by atoms with Crippen LogP contribution in [0.4, 0.5) is 23.4 Å². The number of ether oxygens (including phenoxy) is 1. The van der Waals surface area contributed by atoms with E-state index in [4.69, 9.17) is 14.8 Å². The zero-order chi connectivity index (χ0) is 30.7. The van der Waals surface area contributed by atoms with Gasteiger partial charge < -0.3 is 14.7 Å². The minimum absolute atomic E-state index is 0. The molecule has 2 saturated heterocycles. The van der Waals surface area contributed by atoms with E-state index in [-0.39, 0.29) is 25.8 Å². The van der Waals surface area contributed by atoms with Crippen molar-refractivity contribution in [2.24, 2.45) is 0 Å². The standard InChI is InChI=1S/C29H34F4N6O3S.CH4/c1-18-4-3-6-39(18)16-23-26(19-12-20(29(31,32)33)14-21(30)13-19)36-24(43-23)15-22-27(42-2)28(35-17-34-22)38-10-8-37(9-11-38)7-5-25(40)41;/h12-14,17-18H,3-11,15-16H2,1-2H3,(H,40,41);1H4/t18-;/m1./s1. The molecule has 0 saturated carbocycles. The van der Waals surface area contributed by atoms with Crippen LogP contribution in [0.1, 0.15) is 54.8 Å². The summed E-state index contributed by atoms with van der Waals surface area (Å²) in [7, 11) is 1.54. The molecule has 3 aromatic rings. The lowest BCUT2D eigenvalue weighted by molar-refractivity contribution is -0.138. The number of nitrogens with zero attached hydrogens (tertiary/aromatic N) is 6. The molecule has 14 heteroatoms. The maximum Gasteiger partial charge on any atom is 0.416 e. The zero-order valence-electron chi connectivity index (χ0n) is 24.0. The molecule has 2 fully saturated rings. The Morgan fingerprint density at radius 2 is 1.89 bits per heavy atom. The van der Waals surface area contributed by atoms with Gasteiger partial charge in [0.1, 0.15) is 12.1 Å². The molecule has 0 amide bonds. The van der Waals surface area contributed by atoms with Crippen LogP contribution in [-0.4, -0.2) is 88.2 Å². The van der Waals surface area contributed by atoms with Crippen LogP contribution in [0.15, 0.2) is 24.5 Å². The topological polar surface area (TPSA) is 94.9 Å². The van der Waals surface area contributed by atoms with Crippen molar-refractivity contribution < 1.29 is 32.2 Å². The number of thiazole rings is 1. The molecule has 0 aliphatic carbocycles. The molecule has 0 bridgehead atoms.